The molecule has 1 atom stereocenters. The number of carbonyl (C=O) groups excluding carboxylic acids is 1. The van der Waals surface area contributed by atoms with E-state index in [-0.39, 0.29) is 18.3 Å². The van der Waals surface area contributed by atoms with Crippen molar-refractivity contribution in [1.82, 2.24) is 0 Å². The molecule has 0 aliphatic rings. The van der Waals surface area contributed by atoms with Crippen LogP contribution in [0.5, 0.6) is 0 Å². The van der Waals surface area contributed by atoms with Gasteiger partial charge in [0.15, 0.2) is 0 Å². The Morgan fingerprint density at radius 1 is 1.39 bits per heavy atom. The van der Waals surface area contributed by atoms with E-state index in [0.29, 0.717) is 12.2 Å². The van der Waals surface area contributed by atoms with Gasteiger partial charge in [0.05, 0.1) is 13.0 Å². The third kappa shape index (κ3) is 4.43. The maximum absolute atomic E-state index is 13.5. The van der Waals surface area contributed by atoms with Crippen LogP contribution >= 0.6 is 0 Å². The van der Waals surface area contributed by atoms with Crippen molar-refractivity contribution in [2.75, 3.05) is 6.61 Å². The molecule has 0 saturated carbocycles. The predicted octanol–water partition coefficient (Wildman–Crippen LogP) is 3.80. The molecule has 2 nitrogen and oxygen atoms in total. The van der Waals surface area contributed by atoms with Crippen molar-refractivity contribution >= 4 is 5.97 Å². The minimum absolute atomic E-state index is 0.103. The summed E-state index contributed by atoms with van der Waals surface area (Å²) in [5, 5.41) is 0. The van der Waals surface area contributed by atoms with E-state index in [1.807, 2.05) is 6.92 Å². The Kier molecular flexibility index (Phi) is 5.75. The first-order valence-electron chi connectivity index (χ1n) is 6.15. The number of hydrogen-bond acceptors (Lipinski definition) is 2. The average molecular weight is 256 g/mol. The van der Waals surface area contributed by atoms with Gasteiger partial charge in [0.25, 0.3) is 0 Å². The lowest BCUT2D eigenvalue weighted by Gasteiger charge is -2.12. The Bertz CT molecular complexity index is 405. The lowest BCUT2D eigenvalue weighted by molar-refractivity contribution is -0.144. The van der Waals surface area contributed by atoms with Crippen molar-refractivity contribution in [3.8, 4) is 0 Å². The molecular formula is C14H18F2O2. The number of ether oxygens (including phenoxy) is 1. The summed E-state index contributed by atoms with van der Waals surface area (Å²) in [6, 6.07) is 3.39. The Morgan fingerprint density at radius 3 is 2.72 bits per heavy atom. The van der Waals surface area contributed by atoms with Crippen molar-refractivity contribution in [2.45, 2.75) is 39.0 Å². The Hall–Kier alpha value is -1.45. The Balaban J connectivity index is 2.54. The summed E-state index contributed by atoms with van der Waals surface area (Å²) in [5.74, 6) is -1.91. The van der Waals surface area contributed by atoms with Crippen LogP contribution in [0.1, 0.15) is 44.6 Å². The van der Waals surface area contributed by atoms with E-state index >= 15 is 0 Å². The van der Waals surface area contributed by atoms with E-state index in [1.165, 1.54) is 12.1 Å². The van der Waals surface area contributed by atoms with Crippen LogP contribution in [0.2, 0.25) is 0 Å². The third-order valence-electron chi connectivity index (χ3n) is 2.73. The lowest BCUT2D eigenvalue weighted by Crippen LogP contribution is -2.10. The van der Waals surface area contributed by atoms with Gasteiger partial charge in [0.2, 0.25) is 0 Å². The zero-order chi connectivity index (χ0) is 13.5. The first kappa shape index (κ1) is 14.6. The van der Waals surface area contributed by atoms with Gasteiger partial charge in [0, 0.05) is 6.07 Å². The van der Waals surface area contributed by atoms with Gasteiger partial charge in [-0.3, -0.25) is 4.79 Å². The molecule has 100 valence electrons. The predicted molar refractivity (Wildman–Crippen MR) is 65.3 cm³/mol. The highest BCUT2D eigenvalue weighted by Crippen LogP contribution is 2.23. The van der Waals surface area contributed by atoms with E-state index in [9.17, 15) is 13.6 Å². The fourth-order valence-electron chi connectivity index (χ4n) is 1.65. The fourth-order valence-corrected chi connectivity index (χ4v) is 1.65. The van der Waals surface area contributed by atoms with Crippen molar-refractivity contribution in [3.05, 3.63) is 35.4 Å². The van der Waals surface area contributed by atoms with E-state index in [2.05, 4.69) is 0 Å². The molecule has 4 heteroatoms. The van der Waals surface area contributed by atoms with Gasteiger partial charge in [-0.25, -0.2) is 8.78 Å². The van der Waals surface area contributed by atoms with Gasteiger partial charge in [-0.05, 0) is 24.0 Å². The number of carbonyl (C=O) groups is 1. The summed E-state index contributed by atoms with van der Waals surface area (Å²) < 4.78 is 31.2. The van der Waals surface area contributed by atoms with Crippen LogP contribution in [0.25, 0.3) is 0 Å². The summed E-state index contributed by atoms with van der Waals surface area (Å²) in [7, 11) is 0. The second kappa shape index (κ2) is 7.09. The molecule has 0 saturated heterocycles. The van der Waals surface area contributed by atoms with Crippen LogP contribution in [0, 0.1) is 11.6 Å². The highest BCUT2D eigenvalue weighted by Gasteiger charge is 2.16. The van der Waals surface area contributed by atoms with Crippen molar-refractivity contribution < 1.29 is 18.3 Å². The number of esters is 1. The Morgan fingerprint density at radius 2 is 2.11 bits per heavy atom. The van der Waals surface area contributed by atoms with Gasteiger partial charge in [-0.15, -0.1) is 0 Å². The van der Waals surface area contributed by atoms with Gasteiger partial charge in [0.1, 0.15) is 11.6 Å². The van der Waals surface area contributed by atoms with E-state index in [1.54, 1.807) is 6.92 Å². The van der Waals surface area contributed by atoms with Crippen molar-refractivity contribution in [2.24, 2.45) is 0 Å². The molecule has 1 unspecified atom stereocenters. The molecule has 0 heterocycles. The van der Waals surface area contributed by atoms with Crippen LogP contribution in [0.15, 0.2) is 18.2 Å². The number of unbranched alkanes of at least 4 members (excludes halogenated alkanes) is 1. The summed E-state index contributed by atoms with van der Waals surface area (Å²) >= 11 is 0. The number of halogens is 2. The molecule has 0 aromatic heterocycles. The van der Waals surface area contributed by atoms with E-state index in [0.717, 1.165) is 18.9 Å². The highest BCUT2D eigenvalue weighted by atomic mass is 19.1. The van der Waals surface area contributed by atoms with Crippen LogP contribution in [0.3, 0.4) is 0 Å². The van der Waals surface area contributed by atoms with Gasteiger partial charge in [-0.2, -0.15) is 0 Å². The molecule has 1 aromatic rings. The first-order chi connectivity index (χ1) is 8.54. The lowest BCUT2D eigenvalue weighted by atomic mass is 9.97. The molecule has 18 heavy (non-hydrogen) atoms. The fraction of sp³-hybridized carbons (Fsp3) is 0.500. The average Bonchev–Trinajstić information content (AvgIpc) is 2.28. The van der Waals surface area contributed by atoms with Crippen LogP contribution in [-0.2, 0) is 9.53 Å². The topological polar surface area (TPSA) is 26.3 Å². The summed E-state index contributed by atoms with van der Waals surface area (Å²) in [6.45, 7) is 4.12. The third-order valence-corrected chi connectivity index (χ3v) is 2.73. The van der Waals surface area contributed by atoms with Crippen molar-refractivity contribution in [1.29, 1.82) is 0 Å². The zero-order valence-electron chi connectivity index (χ0n) is 10.7. The highest BCUT2D eigenvalue weighted by molar-refractivity contribution is 5.70. The molecule has 0 bridgehead atoms. The van der Waals surface area contributed by atoms with E-state index in [4.69, 9.17) is 4.74 Å². The van der Waals surface area contributed by atoms with Gasteiger partial charge >= 0.3 is 5.97 Å². The van der Waals surface area contributed by atoms with Gasteiger partial charge in [-0.1, -0.05) is 26.3 Å². The van der Waals surface area contributed by atoms with Crippen LogP contribution in [-0.4, -0.2) is 12.6 Å². The van der Waals surface area contributed by atoms with Crippen LogP contribution < -0.4 is 0 Å². The first-order valence-corrected chi connectivity index (χ1v) is 6.15. The number of benzene rings is 1. The zero-order valence-corrected chi connectivity index (χ0v) is 10.7. The molecule has 0 spiro atoms. The molecule has 0 aliphatic heterocycles. The smallest absolute Gasteiger partial charge is 0.306 e. The normalized spacial score (nSPS) is 12.2. The molecule has 0 aliphatic carbocycles. The number of hydrogen-bond donors (Lipinski definition) is 0. The molecule has 0 amide bonds. The molecule has 0 N–H and O–H groups in total. The van der Waals surface area contributed by atoms with Crippen molar-refractivity contribution in [3.63, 3.8) is 0 Å². The molecular weight excluding hydrogens is 238 g/mol. The van der Waals surface area contributed by atoms with Gasteiger partial charge < -0.3 is 4.74 Å². The summed E-state index contributed by atoms with van der Waals surface area (Å²) in [5.41, 5.74) is 0.337. The Labute approximate surface area is 106 Å². The molecule has 1 aromatic carbocycles. The monoisotopic (exact) mass is 256 g/mol. The summed E-state index contributed by atoms with van der Waals surface area (Å²) in [4.78, 5) is 11.5. The van der Waals surface area contributed by atoms with Crippen LogP contribution in [0.4, 0.5) is 8.78 Å². The summed E-state index contributed by atoms with van der Waals surface area (Å²) in [6.07, 6.45) is 1.88. The minimum Gasteiger partial charge on any atom is -0.466 e. The second-order valence-corrected chi connectivity index (χ2v) is 4.35. The second-order valence-electron chi connectivity index (χ2n) is 4.35. The number of rotatable bonds is 6. The largest absolute Gasteiger partial charge is 0.466 e. The standard InChI is InChI=1S/C14H18F2O2/c1-3-4-7-18-14(17)8-10(2)12-6-5-11(15)9-13(12)16/h5-6,9-10H,3-4,7-8H2,1-2H3. The maximum Gasteiger partial charge on any atom is 0.306 e. The molecule has 0 fully saturated rings. The molecule has 1 rings (SSSR count). The quantitative estimate of drug-likeness (QED) is 0.571. The van der Waals surface area contributed by atoms with E-state index < -0.39 is 11.6 Å². The minimum atomic E-state index is -0.621. The SMILES string of the molecule is CCCCOC(=O)CC(C)c1ccc(F)cc1F. The maximum atomic E-state index is 13.5. The molecule has 0 radical (unpaired) electrons.